The largest absolute Gasteiger partial charge is 0.493 e. The lowest BCUT2D eigenvalue weighted by atomic mass is 10.1. The van der Waals surface area contributed by atoms with E-state index >= 15 is 0 Å². The van der Waals surface area contributed by atoms with Crippen molar-refractivity contribution in [2.45, 2.75) is 25.8 Å². The van der Waals surface area contributed by atoms with E-state index in [0.717, 1.165) is 18.7 Å². The highest BCUT2D eigenvalue weighted by atomic mass is 16.5. The first-order valence-electron chi connectivity index (χ1n) is 6.94. The molecule has 0 fully saturated rings. The first kappa shape index (κ1) is 14.7. The Kier molecular flexibility index (Phi) is 5.24. The average molecular weight is 279 g/mol. The fourth-order valence-corrected chi connectivity index (χ4v) is 2.12. The maximum absolute atomic E-state index is 11.0. The van der Waals surface area contributed by atoms with Crippen LogP contribution in [0.4, 0.5) is 0 Å². The van der Waals surface area contributed by atoms with Gasteiger partial charge in [-0.2, -0.15) is 0 Å². The SMILES string of the molecule is CCCNC1COc2cc(OCCC(=O)OC)ccc21. The van der Waals surface area contributed by atoms with Crippen LogP contribution in [-0.2, 0) is 9.53 Å². The van der Waals surface area contributed by atoms with Crippen LogP contribution in [0.5, 0.6) is 11.5 Å². The maximum Gasteiger partial charge on any atom is 0.308 e. The predicted octanol–water partition coefficient (Wildman–Crippen LogP) is 2.06. The summed E-state index contributed by atoms with van der Waals surface area (Å²) in [7, 11) is 1.37. The van der Waals surface area contributed by atoms with E-state index in [2.05, 4.69) is 17.0 Å². The van der Waals surface area contributed by atoms with Crippen molar-refractivity contribution >= 4 is 5.97 Å². The number of carbonyl (C=O) groups is 1. The maximum atomic E-state index is 11.0. The summed E-state index contributed by atoms with van der Waals surface area (Å²) in [5.41, 5.74) is 1.17. The van der Waals surface area contributed by atoms with Crippen molar-refractivity contribution in [3.05, 3.63) is 23.8 Å². The Morgan fingerprint density at radius 2 is 2.35 bits per heavy atom. The second kappa shape index (κ2) is 7.14. The molecule has 0 aromatic heterocycles. The third-order valence-electron chi connectivity index (χ3n) is 3.21. The lowest BCUT2D eigenvalue weighted by Crippen LogP contribution is -2.22. The summed E-state index contributed by atoms with van der Waals surface area (Å²) in [5.74, 6) is 1.30. The zero-order valence-corrected chi connectivity index (χ0v) is 12.0. The number of ether oxygens (including phenoxy) is 3. The van der Waals surface area contributed by atoms with Gasteiger partial charge in [0.2, 0.25) is 0 Å². The van der Waals surface area contributed by atoms with Crippen LogP contribution in [0.2, 0.25) is 0 Å². The number of esters is 1. The zero-order valence-electron chi connectivity index (χ0n) is 12.0. The summed E-state index contributed by atoms with van der Waals surface area (Å²) in [5, 5.41) is 3.45. The lowest BCUT2D eigenvalue weighted by molar-refractivity contribution is -0.141. The molecule has 0 bridgehead atoms. The van der Waals surface area contributed by atoms with Crippen molar-refractivity contribution < 1.29 is 19.0 Å². The molecule has 110 valence electrons. The van der Waals surface area contributed by atoms with E-state index in [1.807, 2.05) is 18.2 Å². The van der Waals surface area contributed by atoms with E-state index in [-0.39, 0.29) is 18.4 Å². The Balaban J connectivity index is 1.90. The minimum atomic E-state index is -0.272. The van der Waals surface area contributed by atoms with E-state index < -0.39 is 0 Å². The molecule has 1 aromatic rings. The first-order chi connectivity index (χ1) is 9.74. The van der Waals surface area contributed by atoms with Crippen molar-refractivity contribution in [2.75, 3.05) is 26.9 Å². The lowest BCUT2D eigenvalue weighted by Gasteiger charge is -2.11. The molecule has 2 rings (SSSR count). The second-order valence-corrected chi connectivity index (χ2v) is 4.69. The number of methoxy groups -OCH3 is 1. The molecule has 0 spiro atoms. The number of benzene rings is 1. The third-order valence-corrected chi connectivity index (χ3v) is 3.21. The van der Waals surface area contributed by atoms with Gasteiger partial charge in [-0.3, -0.25) is 4.79 Å². The molecule has 1 aliphatic heterocycles. The van der Waals surface area contributed by atoms with E-state index in [4.69, 9.17) is 9.47 Å². The fraction of sp³-hybridized carbons (Fsp3) is 0.533. The minimum Gasteiger partial charge on any atom is -0.493 e. The van der Waals surface area contributed by atoms with Gasteiger partial charge in [-0.25, -0.2) is 0 Å². The molecule has 1 aromatic carbocycles. The Bertz CT molecular complexity index is 461. The highest BCUT2D eigenvalue weighted by Crippen LogP contribution is 2.35. The number of rotatable bonds is 7. The molecule has 0 saturated carbocycles. The van der Waals surface area contributed by atoms with E-state index in [1.165, 1.54) is 12.7 Å². The molecular weight excluding hydrogens is 258 g/mol. The van der Waals surface area contributed by atoms with Crippen molar-refractivity contribution in [1.29, 1.82) is 0 Å². The fourth-order valence-electron chi connectivity index (χ4n) is 2.12. The van der Waals surface area contributed by atoms with Gasteiger partial charge in [0.1, 0.15) is 18.1 Å². The van der Waals surface area contributed by atoms with Crippen LogP contribution in [-0.4, -0.2) is 32.8 Å². The third kappa shape index (κ3) is 3.63. The highest BCUT2D eigenvalue weighted by Gasteiger charge is 2.23. The molecule has 1 N–H and O–H groups in total. The molecule has 0 amide bonds. The minimum absolute atomic E-state index is 0.245. The van der Waals surface area contributed by atoms with Gasteiger partial charge in [-0.1, -0.05) is 6.92 Å². The number of nitrogens with one attached hydrogen (secondary N) is 1. The van der Waals surface area contributed by atoms with E-state index in [9.17, 15) is 4.79 Å². The smallest absolute Gasteiger partial charge is 0.308 e. The Hall–Kier alpha value is -1.75. The Labute approximate surface area is 119 Å². The van der Waals surface area contributed by atoms with Gasteiger partial charge >= 0.3 is 5.97 Å². The van der Waals surface area contributed by atoms with Gasteiger partial charge < -0.3 is 19.5 Å². The molecule has 1 atom stereocenters. The molecule has 5 heteroatoms. The molecule has 1 unspecified atom stereocenters. The highest BCUT2D eigenvalue weighted by molar-refractivity contribution is 5.69. The number of fused-ring (bicyclic) bond motifs is 1. The predicted molar refractivity (Wildman–Crippen MR) is 75.1 cm³/mol. The van der Waals surface area contributed by atoms with E-state index in [0.29, 0.717) is 19.0 Å². The van der Waals surface area contributed by atoms with Gasteiger partial charge in [0.25, 0.3) is 0 Å². The standard InChI is InChI=1S/C15H21NO4/c1-3-7-16-13-10-20-14-9-11(4-5-12(13)14)19-8-6-15(17)18-2/h4-5,9,13,16H,3,6-8,10H2,1-2H3. The quantitative estimate of drug-likeness (QED) is 0.774. The van der Waals surface area contributed by atoms with Crippen molar-refractivity contribution in [1.82, 2.24) is 5.32 Å². The summed E-state index contributed by atoms with van der Waals surface area (Å²) in [6.45, 7) is 4.08. The van der Waals surface area contributed by atoms with Gasteiger partial charge in [0, 0.05) is 11.6 Å². The molecule has 1 heterocycles. The second-order valence-electron chi connectivity index (χ2n) is 4.69. The summed E-state index contributed by atoms with van der Waals surface area (Å²) < 4.78 is 15.7. The van der Waals surface area contributed by atoms with Crippen LogP contribution >= 0.6 is 0 Å². The van der Waals surface area contributed by atoms with Crippen molar-refractivity contribution in [3.63, 3.8) is 0 Å². The Morgan fingerprint density at radius 1 is 1.50 bits per heavy atom. The summed E-state index contributed by atoms with van der Waals surface area (Å²) in [6.07, 6.45) is 1.34. The molecule has 5 nitrogen and oxygen atoms in total. The van der Waals surface area contributed by atoms with Gasteiger partial charge in [0.15, 0.2) is 0 Å². The monoisotopic (exact) mass is 279 g/mol. The molecule has 20 heavy (non-hydrogen) atoms. The zero-order chi connectivity index (χ0) is 14.4. The summed E-state index contributed by atoms with van der Waals surface area (Å²) in [4.78, 5) is 11.0. The summed E-state index contributed by atoms with van der Waals surface area (Å²) in [6, 6.07) is 6.06. The molecule has 0 aliphatic carbocycles. The van der Waals surface area contributed by atoms with Crippen molar-refractivity contribution in [3.8, 4) is 11.5 Å². The molecular formula is C15H21NO4. The normalized spacial score (nSPS) is 16.4. The average Bonchev–Trinajstić information content (AvgIpc) is 2.87. The number of hydrogen-bond acceptors (Lipinski definition) is 5. The molecule has 0 saturated heterocycles. The molecule has 0 radical (unpaired) electrons. The van der Waals surface area contributed by atoms with Crippen LogP contribution < -0.4 is 14.8 Å². The van der Waals surface area contributed by atoms with Crippen LogP contribution in [0, 0.1) is 0 Å². The summed E-state index contributed by atoms with van der Waals surface area (Å²) >= 11 is 0. The Morgan fingerprint density at radius 3 is 3.10 bits per heavy atom. The first-order valence-corrected chi connectivity index (χ1v) is 6.94. The van der Waals surface area contributed by atoms with Gasteiger partial charge in [0.05, 0.1) is 26.2 Å². The van der Waals surface area contributed by atoms with Crippen molar-refractivity contribution in [2.24, 2.45) is 0 Å². The molecule has 1 aliphatic rings. The van der Waals surface area contributed by atoms with Gasteiger partial charge in [-0.05, 0) is 25.1 Å². The van der Waals surface area contributed by atoms with Crippen LogP contribution in [0.1, 0.15) is 31.4 Å². The van der Waals surface area contributed by atoms with Crippen LogP contribution in [0.15, 0.2) is 18.2 Å². The topological polar surface area (TPSA) is 56.8 Å². The number of hydrogen-bond donors (Lipinski definition) is 1. The van der Waals surface area contributed by atoms with Gasteiger partial charge in [-0.15, -0.1) is 0 Å². The van der Waals surface area contributed by atoms with Crippen LogP contribution in [0.25, 0.3) is 0 Å². The number of carbonyl (C=O) groups excluding carboxylic acids is 1. The van der Waals surface area contributed by atoms with E-state index in [1.54, 1.807) is 0 Å². The van der Waals surface area contributed by atoms with Crippen LogP contribution in [0.3, 0.4) is 0 Å².